The summed E-state index contributed by atoms with van der Waals surface area (Å²) in [6.07, 6.45) is 9.80. The summed E-state index contributed by atoms with van der Waals surface area (Å²) in [5.74, 6) is 0.593. The second kappa shape index (κ2) is 9.79. The first kappa shape index (κ1) is 19.7. The van der Waals surface area contributed by atoms with E-state index in [0.29, 0.717) is 6.04 Å². The second-order valence-electron chi connectivity index (χ2n) is 7.69. The highest BCUT2D eigenvalue weighted by Crippen LogP contribution is 2.26. The van der Waals surface area contributed by atoms with Crippen LogP contribution in [0.15, 0.2) is 18.2 Å². The molecular weight excluding hydrogens is 315 g/mol. The molecule has 1 unspecified atom stereocenters. The van der Waals surface area contributed by atoms with Gasteiger partial charge in [-0.3, -0.25) is 4.79 Å². The summed E-state index contributed by atoms with van der Waals surface area (Å²) in [4.78, 5) is 14.4. The van der Waals surface area contributed by atoms with Crippen LogP contribution in [0.25, 0.3) is 0 Å². The van der Waals surface area contributed by atoms with Gasteiger partial charge in [0, 0.05) is 31.9 Å². The van der Waals surface area contributed by atoms with E-state index >= 15 is 0 Å². The normalized spacial score (nSPS) is 21.3. The number of carbonyl (C=O) groups is 1. The highest BCUT2D eigenvalue weighted by Gasteiger charge is 2.18. The fourth-order valence-electron chi connectivity index (χ4n) is 3.91. The first-order valence-electron chi connectivity index (χ1n) is 9.69. The van der Waals surface area contributed by atoms with Crippen molar-refractivity contribution in [2.75, 3.05) is 25.0 Å². The Kier molecular flexibility index (Phi) is 7.73. The molecule has 3 nitrogen and oxygen atoms in total. The van der Waals surface area contributed by atoms with E-state index in [4.69, 9.17) is 0 Å². The van der Waals surface area contributed by atoms with Gasteiger partial charge in [0.05, 0.1) is 0 Å². The first-order chi connectivity index (χ1) is 12.0. The Hall–Kier alpha value is -1.58. The van der Waals surface area contributed by atoms with Crippen LogP contribution in [0.1, 0.15) is 57.4 Å². The standard InChI is InChI=1S/C13H18FN.C8H15NO/c1-10-4-3-7-15(9-10)13-8-12(14)6-5-11(13)2;1-9(7-10)8-5-3-2-4-6-8/h5-6,8,10H,3-4,7,9H2,1-2H3;7-8H,2-6H2,1H3. The molecule has 0 N–H and O–H groups in total. The van der Waals surface area contributed by atoms with Crippen molar-refractivity contribution in [1.82, 2.24) is 4.90 Å². The molecule has 1 aromatic rings. The molecule has 1 aliphatic carbocycles. The van der Waals surface area contributed by atoms with Crippen molar-refractivity contribution in [3.8, 4) is 0 Å². The third kappa shape index (κ3) is 6.02. The van der Waals surface area contributed by atoms with Crippen molar-refractivity contribution in [2.24, 2.45) is 5.92 Å². The van der Waals surface area contributed by atoms with Crippen molar-refractivity contribution in [2.45, 2.75) is 64.8 Å². The molecule has 2 fully saturated rings. The average molecular weight is 349 g/mol. The number of benzene rings is 1. The fourth-order valence-corrected chi connectivity index (χ4v) is 3.91. The lowest BCUT2D eigenvalue weighted by atomic mass is 9.95. The van der Waals surface area contributed by atoms with Gasteiger partial charge in [0.2, 0.25) is 6.41 Å². The summed E-state index contributed by atoms with van der Waals surface area (Å²) >= 11 is 0. The smallest absolute Gasteiger partial charge is 0.209 e. The lowest BCUT2D eigenvalue weighted by molar-refractivity contribution is -0.119. The van der Waals surface area contributed by atoms with Crippen LogP contribution in [0.2, 0.25) is 0 Å². The zero-order valence-electron chi connectivity index (χ0n) is 16.0. The largest absolute Gasteiger partial charge is 0.371 e. The topological polar surface area (TPSA) is 23.6 Å². The van der Waals surface area contributed by atoms with Gasteiger partial charge in [-0.1, -0.05) is 32.3 Å². The monoisotopic (exact) mass is 348 g/mol. The van der Waals surface area contributed by atoms with E-state index in [0.717, 1.165) is 31.1 Å². The Labute approximate surface area is 152 Å². The number of nitrogens with zero attached hydrogens (tertiary/aromatic N) is 2. The molecule has 0 bridgehead atoms. The van der Waals surface area contributed by atoms with Gasteiger partial charge in [0.15, 0.2) is 0 Å². The van der Waals surface area contributed by atoms with Crippen molar-refractivity contribution < 1.29 is 9.18 Å². The second-order valence-corrected chi connectivity index (χ2v) is 7.69. The van der Waals surface area contributed by atoms with E-state index in [1.165, 1.54) is 56.6 Å². The summed E-state index contributed by atoms with van der Waals surface area (Å²) in [5.41, 5.74) is 2.24. The number of amides is 1. The van der Waals surface area contributed by atoms with E-state index < -0.39 is 0 Å². The lowest BCUT2D eigenvalue weighted by Gasteiger charge is -2.33. The Balaban J connectivity index is 0.000000196. The molecule has 2 aliphatic rings. The van der Waals surface area contributed by atoms with E-state index in [9.17, 15) is 9.18 Å². The highest BCUT2D eigenvalue weighted by molar-refractivity contribution is 5.53. The van der Waals surface area contributed by atoms with Gasteiger partial charge in [-0.05, 0) is 56.2 Å². The summed E-state index contributed by atoms with van der Waals surface area (Å²) in [5, 5.41) is 0. The van der Waals surface area contributed by atoms with Crippen LogP contribution in [-0.2, 0) is 4.79 Å². The van der Waals surface area contributed by atoms with Crippen molar-refractivity contribution in [3.63, 3.8) is 0 Å². The van der Waals surface area contributed by atoms with Crippen LogP contribution < -0.4 is 4.90 Å². The van der Waals surface area contributed by atoms with Gasteiger partial charge in [0.25, 0.3) is 0 Å². The summed E-state index contributed by atoms with van der Waals surface area (Å²) < 4.78 is 13.2. The average Bonchev–Trinajstić information content (AvgIpc) is 2.64. The number of halogens is 1. The maximum atomic E-state index is 13.2. The summed E-state index contributed by atoms with van der Waals surface area (Å²) in [7, 11) is 1.88. The van der Waals surface area contributed by atoms with Gasteiger partial charge in [-0.25, -0.2) is 4.39 Å². The van der Waals surface area contributed by atoms with Crippen LogP contribution in [0.5, 0.6) is 0 Å². The molecule has 1 heterocycles. The molecule has 1 aromatic carbocycles. The molecule has 0 aromatic heterocycles. The zero-order chi connectivity index (χ0) is 18.2. The minimum atomic E-state index is -0.131. The molecular formula is C21H33FN2O. The number of carbonyl (C=O) groups excluding carboxylic acids is 1. The van der Waals surface area contributed by atoms with Gasteiger partial charge >= 0.3 is 0 Å². The minimum Gasteiger partial charge on any atom is -0.371 e. The molecule has 3 rings (SSSR count). The molecule has 0 spiro atoms. The maximum absolute atomic E-state index is 13.2. The Morgan fingerprint density at radius 2 is 1.88 bits per heavy atom. The SMILES string of the molecule is CN(C=O)C1CCCCC1.Cc1ccc(F)cc1N1CCCC(C)C1. The van der Waals surface area contributed by atoms with Gasteiger partial charge < -0.3 is 9.80 Å². The molecule has 1 atom stereocenters. The number of hydrogen-bond donors (Lipinski definition) is 0. The Morgan fingerprint density at radius 1 is 1.16 bits per heavy atom. The van der Waals surface area contributed by atoms with E-state index in [1.807, 2.05) is 20.0 Å². The Morgan fingerprint density at radius 3 is 2.52 bits per heavy atom. The lowest BCUT2D eigenvalue weighted by Crippen LogP contribution is -2.34. The Bertz CT molecular complexity index is 543. The first-order valence-corrected chi connectivity index (χ1v) is 9.69. The van der Waals surface area contributed by atoms with E-state index in [-0.39, 0.29) is 5.82 Å². The van der Waals surface area contributed by atoms with Crippen LogP contribution >= 0.6 is 0 Å². The predicted octanol–water partition coefficient (Wildman–Crippen LogP) is 4.78. The number of piperidine rings is 1. The molecule has 0 radical (unpaired) electrons. The molecule has 140 valence electrons. The van der Waals surface area contributed by atoms with Crippen LogP contribution in [0.3, 0.4) is 0 Å². The molecule has 4 heteroatoms. The van der Waals surface area contributed by atoms with E-state index in [1.54, 1.807) is 11.0 Å². The minimum absolute atomic E-state index is 0.131. The van der Waals surface area contributed by atoms with Crippen LogP contribution in [-0.4, -0.2) is 37.5 Å². The molecule has 1 aliphatic heterocycles. The fraction of sp³-hybridized carbons (Fsp3) is 0.667. The third-order valence-electron chi connectivity index (χ3n) is 5.49. The molecule has 1 saturated heterocycles. The number of hydrogen-bond acceptors (Lipinski definition) is 2. The number of anilines is 1. The van der Waals surface area contributed by atoms with Gasteiger partial charge in [-0.15, -0.1) is 0 Å². The highest BCUT2D eigenvalue weighted by atomic mass is 19.1. The van der Waals surface area contributed by atoms with Gasteiger partial charge in [-0.2, -0.15) is 0 Å². The summed E-state index contributed by atoms with van der Waals surface area (Å²) in [6, 6.07) is 5.59. The molecule has 25 heavy (non-hydrogen) atoms. The zero-order valence-corrected chi connectivity index (χ0v) is 16.0. The summed E-state index contributed by atoms with van der Waals surface area (Å²) in [6.45, 7) is 6.44. The van der Waals surface area contributed by atoms with Crippen LogP contribution in [0.4, 0.5) is 10.1 Å². The quantitative estimate of drug-likeness (QED) is 0.734. The number of aryl methyl sites for hydroxylation is 1. The van der Waals surface area contributed by atoms with E-state index in [2.05, 4.69) is 11.8 Å². The van der Waals surface area contributed by atoms with Crippen molar-refractivity contribution >= 4 is 12.1 Å². The molecule has 1 saturated carbocycles. The van der Waals surface area contributed by atoms with Crippen molar-refractivity contribution in [1.29, 1.82) is 0 Å². The van der Waals surface area contributed by atoms with Crippen LogP contribution in [0, 0.1) is 18.7 Å². The maximum Gasteiger partial charge on any atom is 0.209 e. The molecule has 1 amide bonds. The third-order valence-corrected chi connectivity index (χ3v) is 5.49. The number of rotatable bonds is 3. The van der Waals surface area contributed by atoms with Crippen molar-refractivity contribution in [3.05, 3.63) is 29.6 Å². The van der Waals surface area contributed by atoms with Gasteiger partial charge in [0.1, 0.15) is 5.82 Å². The predicted molar refractivity (Wildman–Crippen MR) is 102 cm³/mol.